The molecule has 15 heavy (non-hydrogen) atoms. The van der Waals surface area contributed by atoms with Crippen molar-refractivity contribution in [3.05, 3.63) is 23.8 Å². The number of fused-ring (bicyclic) bond motifs is 1. The zero-order chi connectivity index (χ0) is 10.5. The molecule has 2 rings (SSSR count). The molecule has 0 saturated heterocycles. The van der Waals surface area contributed by atoms with Crippen LogP contribution < -0.4 is 20.5 Å². The Bertz CT molecular complexity index is 328. The number of benzene rings is 1. The van der Waals surface area contributed by atoms with Gasteiger partial charge in [-0.05, 0) is 37.2 Å². The predicted molar refractivity (Wildman–Crippen MR) is 57.9 cm³/mol. The highest BCUT2D eigenvalue weighted by molar-refractivity contribution is 5.44. The third-order valence-corrected chi connectivity index (χ3v) is 2.32. The standard InChI is InChI=1S/C11H16N2O2/c12-4-1-5-13-7-9-2-3-10-11(6-9)15-8-14-10/h2-3,6,13H,1,4-5,7-8,12H2. The molecule has 0 unspecified atom stereocenters. The fourth-order valence-corrected chi connectivity index (χ4v) is 1.51. The Hall–Kier alpha value is -1.26. The first-order valence-electron chi connectivity index (χ1n) is 5.19. The Morgan fingerprint density at radius 1 is 1.27 bits per heavy atom. The normalized spacial score (nSPS) is 13.1. The predicted octanol–water partition coefficient (Wildman–Crippen LogP) is 0.854. The molecule has 1 aliphatic heterocycles. The monoisotopic (exact) mass is 208 g/mol. The summed E-state index contributed by atoms with van der Waals surface area (Å²) in [6.07, 6.45) is 1.00. The molecule has 1 aliphatic rings. The molecule has 0 spiro atoms. The van der Waals surface area contributed by atoms with Gasteiger partial charge in [-0.2, -0.15) is 0 Å². The molecule has 82 valence electrons. The first kappa shape index (κ1) is 10.3. The second-order valence-electron chi connectivity index (χ2n) is 3.51. The van der Waals surface area contributed by atoms with Crippen LogP contribution in [0.25, 0.3) is 0 Å². The molecule has 0 bridgehead atoms. The maximum atomic E-state index is 5.41. The number of hydrogen-bond acceptors (Lipinski definition) is 4. The van der Waals surface area contributed by atoms with Crippen molar-refractivity contribution >= 4 is 0 Å². The third kappa shape index (κ3) is 2.61. The van der Waals surface area contributed by atoms with Gasteiger partial charge in [0.1, 0.15) is 0 Å². The van der Waals surface area contributed by atoms with Gasteiger partial charge in [0, 0.05) is 6.54 Å². The van der Waals surface area contributed by atoms with Gasteiger partial charge in [-0.25, -0.2) is 0 Å². The van der Waals surface area contributed by atoms with Crippen LogP contribution in [-0.4, -0.2) is 19.9 Å². The highest BCUT2D eigenvalue weighted by Crippen LogP contribution is 2.32. The van der Waals surface area contributed by atoms with Gasteiger partial charge in [0.2, 0.25) is 6.79 Å². The molecule has 1 aromatic rings. The third-order valence-electron chi connectivity index (χ3n) is 2.32. The van der Waals surface area contributed by atoms with Gasteiger partial charge >= 0.3 is 0 Å². The lowest BCUT2D eigenvalue weighted by atomic mass is 10.2. The zero-order valence-electron chi connectivity index (χ0n) is 8.66. The highest BCUT2D eigenvalue weighted by atomic mass is 16.7. The van der Waals surface area contributed by atoms with Gasteiger partial charge in [0.15, 0.2) is 11.5 Å². The Balaban J connectivity index is 1.87. The van der Waals surface area contributed by atoms with Crippen LogP contribution in [0.15, 0.2) is 18.2 Å². The second kappa shape index (κ2) is 5.00. The Morgan fingerprint density at radius 2 is 2.13 bits per heavy atom. The zero-order valence-corrected chi connectivity index (χ0v) is 8.66. The van der Waals surface area contributed by atoms with E-state index in [1.165, 1.54) is 5.56 Å². The highest BCUT2D eigenvalue weighted by Gasteiger charge is 2.12. The molecule has 0 amide bonds. The van der Waals surface area contributed by atoms with E-state index in [0.29, 0.717) is 6.79 Å². The van der Waals surface area contributed by atoms with Gasteiger partial charge in [-0.3, -0.25) is 0 Å². The molecule has 0 saturated carbocycles. The number of nitrogens with two attached hydrogens (primary N) is 1. The van der Waals surface area contributed by atoms with E-state index in [4.69, 9.17) is 15.2 Å². The summed E-state index contributed by atoms with van der Waals surface area (Å²) in [6.45, 7) is 2.86. The van der Waals surface area contributed by atoms with Crippen molar-refractivity contribution in [3.8, 4) is 11.5 Å². The molecule has 3 N–H and O–H groups in total. The van der Waals surface area contributed by atoms with Crippen LogP contribution in [0.4, 0.5) is 0 Å². The summed E-state index contributed by atoms with van der Waals surface area (Å²) in [5.41, 5.74) is 6.61. The lowest BCUT2D eigenvalue weighted by molar-refractivity contribution is 0.174. The largest absolute Gasteiger partial charge is 0.454 e. The summed E-state index contributed by atoms with van der Waals surface area (Å²) < 4.78 is 10.5. The minimum atomic E-state index is 0.333. The molecule has 0 radical (unpaired) electrons. The van der Waals surface area contributed by atoms with Crippen LogP contribution in [0, 0.1) is 0 Å². The summed E-state index contributed by atoms with van der Waals surface area (Å²) in [5.74, 6) is 1.67. The number of rotatable bonds is 5. The van der Waals surface area contributed by atoms with Crippen LogP contribution in [0.1, 0.15) is 12.0 Å². The Labute approximate surface area is 89.4 Å². The van der Waals surface area contributed by atoms with E-state index in [1.807, 2.05) is 18.2 Å². The summed E-state index contributed by atoms with van der Waals surface area (Å²) in [7, 11) is 0. The van der Waals surface area contributed by atoms with Gasteiger partial charge in [0.05, 0.1) is 0 Å². The molecule has 0 fully saturated rings. The summed E-state index contributed by atoms with van der Waals surface area (Å²) in [5, 5.41) is 3.32. The average Bonchev–Trinajstić information content (AvgIpc) is 2.71. The van der Waals surface area contributed by atoms with Crippen molar-refractivity contribution in [3.63, 3.8) is 0 Å². The van der Waals surface area contributed by atoms with Crippen molar-refractivity contribution in [1.29, 1.82) is 0 Å². The van der Waals surface area contributed by atoms with Crippen molar-refractivity contribution < 1.29 is 9.47 Å². The molecule has 0 atom stereocenters. The molecular formula is C11H16N2O2. The topological polar surface area (TPSA) is 56.5 Å². The second-order valence-corrected chi connectivity index (χ2v) is 3.51. The SMILES string of the molecule is NCCCNCc1ccc2c(c1)OCO2. The van der Waals surface area contributed by atoms with Gasteiger partial charge < -0.3 is 20.5 Å². The van der Waals surface area contributed by atoms with Crippen LogP contribution in [0.2, 0.25) is 0 Å². The number of nitrogens with one attached hydrogen (secondary N) is 1. The van der Waals surface area contributed by atoms with E-state index in [-0.39, 0.29) is 0 Å². The van der Waals surface area contributed by atoms with E-state index < -0.39 is 0 Å². The van der Waals surface area contributed by atoms with E-state index in [9.17, 15) is 0 Å². The summed E-state index contributed by atoms with van der Waals surface area (Å²) >= 11 is 0. The van der Waals surface area contributed by atoms with Crippen LogP contribution in [0.5, 0.6) is 11.5 Å². The maximum Gasteiger partial charge on any atom is 0.231 e. The van der Waals surface area contributed by atoms with E-state index in [1.54, 1.807) is 0 Å². The average molecular weight is 208 g/mol. The number of ether oxygens (including phenoxy) is 2. The Kier molecular flexibility index (Phi) is 3.42. The van der Waals surface area contributed by atoms with Gasteiger partial charge in [-0.15, -0.1) is 0 Å². The van der Waals surface area contributed by atoms with Crippen molar-refractivity contribution in [2.75, 3.05) is 19.9 Å². The first-order chi connectivity index (χ1) is 7.40. The molecular weight excluding hydrogens is 192 g/mol. The summed E-state index contributed by atoms with van der Waals surface area (Å²) in [6, 6.07) is 6.00. The molecule has 0 aliphatic carbocycles. The lowest BCUT2D eigenvalue weighted by Crippen LogP contribution is -2.17. The molecule has 0 aromatic heterocycles. The first-order valence-corrected chi connectivity index (χ1v) is 5.19. The molecule has 1 aromatic carbocycles. The van der Waals surface area contributed by atoms with Gasteiger partial charge in [0.25, 0.3) is 0 Å². The smallest absolute Gasteiger partial charge is 0.231 e. The minimum Gasteiger partial charge on any atom is -0.454 e. The maximum absolute atomic E-state index is 5.41. The Morgan fingerprint density at radius 3 is 3.00 bits per heavy atom. The van der Waals surface area contributed by atoms with Crippen LogP contribution in [0.3, 0.4) is 0 Å². The molecule has 4 nitrogen and oxygen atoms in total. The lowest BCUT2D eigenvalue weighted by Gasteiger charge is -2.04. The van der Waals surface area contributed by atoms with Crippen molar-refractivity contribution in [2.24, 2.45) is 5.73 Å². The van der Waals surface area contributed by atoms with Crippen molar-refractivity contribution in [2.45, 2.75) is 13.0 Å². The molecule has 4 heteroatoms. The van der Waals surface area contributed by atoms with Crippen LogP contribution >= 0.6 is 0 Å². The fraction of sp³-hybridized carbons (Fsp3) is 0.455. The van der Waals surface area contributed by atoms with E-state index >= 15 is 0 Å². The summed E-state index contributed by atoms with van der Waals surface area (Å²) in [4.78, 5) is 0. The van der Waals surface area contributed by atoms with Crippen molar-refractivity contribution in [1.82, 2.24) is 5.32 Å². The quantitative estimate of drug-likeness (QED) is 0.704. The minimum absolute atomic E-state index is 0.333. The van der Waals surface area contributed by atoms with E-state index in [2.05, 4.69) is 5.32 Å². The van der Waals surface area contributed by atoms with Gasteiger partial charge in [-0.1, -0.05) is 6.07 Å². The molecule has 1 heterocycles. The number of hydrogen-bond donors (Lipinski definition) is 2. The van der Waals surface area contributed by atoms with Crippen LogP contribution in [-0.2, 0) is 6.54 Å². The fourth-order valence-electron chi connectivity index (χ4n) is 1.51. The van der Waals surface area contributed by atoms with E-state index in [0.717, 1.165) is 37.6 Å².